The Bertz CT molecular complexity index is 1380. The van der Waals surface area contributed by atoms with Crippen molar-refractivity contribution in [1.29, 1.82) is 0 Å². The Morgan fingerprint density at radius 3 is 2.82 bits per heavy atom. The first-order valence-corrected chi connectivity index (χ1v) is 11.7. The maximum Gasteiger partial charge on any atom is 0.262 e. The molecule has 1 aliphatic heterocycles. The van der Waals surface area contributed by atoms with Crippen molar-refractivity contribution in [2.24, 2.45) is 0 Å². The van der Waals surface area contributed by atoms with Crippen LogP contribution in [0.4, 0.5) is 0 Å². The first-order chi connectivity index (χ1) is 16.1. The zero-order valence-corrected chi connectivity index (χ0v) is 19.1. The Labute approximate surface area is 198 Å². The number of benzene rings is 2. The zero-order valence-electron chi connectivity index (χ0n) is 17.5. The number of nitrogens with one attached hydrogen (secondary N) is 1. The summed E-state index contributed by atoms with van der Waals surface area (Å²) in [5, 5.41) is 3.77. The highest BCUT2D eigenvalue weighted by atomic mass is 35.5. The van der Waals surface area contributed by atoms with Crippen LogP contribution in [0, 0.1) is 0 Å². The number of aromatic nitrogens is 2. The van der Waals surface area contributed by atoms with E-state index in [0.29, 0.717) is 40.0 Å². The standard InChI is InChI=1S/C24H20ClN3O4S/c25-18-9-15(10-19-22(18)32-8-4-7-31-19)12-26-21(29)13-28-14-27-23-17(24(28)30)11-20(33-23)16-5-2-1-3-6-16/h1-3,5-6,9-11,14H,4,7-8,12-13H2,(H,26,29). The monoisotopic (exact) mass is 481 g/mol. The molecule has 1 aliphatic rings. The van der Waals surface area contributed by atoms with Crippen molar-refractivity contribution in [1.82, 2.24) is 14.9 Å². The summed E-state index contributed by atoms with van der Waals surface area (Å²) in [4.78, 5) is 31.5. The maximum atomic E-state index is 12.9. The summed E-state index contributed by atoms with van der Waals surface area (Å²) in [6.07, 6.45) is 2.20. The second-order valence-electron chi connectivity index (χ2n) is 7.61. The van der Waals surface area contributed by atoms with E-state index in [1.807, 2.05) is 42.5 Å². The van der Waals surface area contributed by atoms with Crippen molar-refractivity contribution in [3.63, 3.8) is 0 Å². The van der Waals surface area contributed by atoms with Crippen LogP contribution in [0.3, 0.4) is 0 Å². The highest BCUT2D eigenvalue weighted by molar-refractivity contribution is 7.21. The fourth-order valence-corrected chi connectivity index (χ4v) is 4.90. The van der Waals surface area contributed by atoms with E-state index in [2.05, 4.69) is 10.3 Å². The van der Waals surface area contributed by atoms with E-state index in [4.69, 9.17) is 21.1 Å². The fraction of sp³-hybridized carbons (Fsp3) is 0.208. The van der Waals surface area contributed by atoms with Crippen LogP contribution in [0.1, 0.15) is 12.0 Å². The minimum atomic E-state index is -0.306. The van der Waals surface area contributed by atoms with Crippen LogP contribution < -0.4 is 20.3 Å². The number of thiophene rings is 1. The van der Waals surface area contributed by atoms with Gasteiger partial charge in [-0.2, -0.15) is 0 Å². The number of amides is 1. The van der Waals surface area contributed by atoms with Crippen LogP contribution in [0.15, 0.2) is 59.7 Å². The van der Waals surface area contributed by atoms with Crippen molar-refractivity contribution in [3.8, 4) is 21.9 Å². The lowest BCUT2D eigenvalue weighted by Gasteiger charge is -2.12. The molecule has 168 valence electrons. The number of rotatable bonds is 5. The molecule has 33 heavy (non-hydrogen) atoms. The fourth-order valence-electron chi connectivity index (χ4n) is 3.61. The lowest BCUT2D eigenvalue weighted by Crippen LogP contribution is -2.32. The van der Waals surface area contributed by atoms with Crippen LogP contribution in [0.2, 0.25) is 5.02 Å². The molecule has 0 atom stereocenters. The lowest BCUT2D eigenvalue weighted by molar-refractivity contribution is -0.121. The van der Waals surface area contributed by atoms with E-state index in [1.165, 1.54) is 22.2 Å². The van der Waals surface area contributed by atoms with Crippen LogP contribution in [0.25, 0.3) is 20.7 Å². The van der Waals surface area contributed by atoms with E-state index in [1.54, 1.807) is 6.07 Å². The second kappa shape index (κ2) is 9.25. The van der Waals surface area contributed by atoms with Gasteiger partial charge in [0.2, 0.25) is 5.91 Å². The van der Waals surface area contributed by atoms with Gasteiger partial charge in [0.25, 0.3) is 5.56 Å². The highest BCUT2D eigenvalue weighted by Crippen LogP contribution is 2.38. The molecule has 9 heteroatoms. The molecule has 7 nitrogen and oxygen atoms in total. The molecule has 2 aromatic carbocycles. The Hall–Kier alpha value is -3.36. The summed E-state index contributed by atoms with van der Waals surface area (Å²) in [7, 11) is 0. The van der Waals surface area contributed by atoms with E-state index >= 15 is 0 Å². The Balaban J connectivity index is 1.29. The van der Waals surface area contributed by atoms with Crippen molar-refractivity contribution >= 4 is 39.1 Å². The Kier molecular flexibility index (Phi) is 6.02. The van der Waals surface area contributed by atoms with Crippen LogP contribution in [0.5, 0.6) is 11.5 Å². The van der Waals surface area contributed by atoms with Gasteiger partial charge in [0.1, 0.15) is 11.4 Å². The summed E-state index contributed by atoms with van der Waals surface area (Å²) >= 11 is 7.77. The van der Waals surface area contributed by atoms with Gasteiger partial charge in [-0.05, 0) is 29.3 Å². The summed E-state index contributed by atoms with van der Waals surface area (Å²) < 4.78 is 12.6. The molecule has 1 amide bonds. The summed E-state index contributed by atoms with van der Waals surface area (Å²) in [6.45, 7) is 1.21. The number of carbonyl (C=O) groups excluding carboxylic acids is 1. The molecule has 0 bridgehead atoms. The van der Waals surface area contributed by atoms with Gasteiger partial charge in [-0.15, -0.1) is 11.3 Å². The van der Waals surface area contributed by atoms with Gasteiger partial charge in [0.15, 0.2) is 11.5 Å². The molecule has 5 rings (SSSR count). The molecule has 0 unspecified atom stereocenters. The van der Waals surface area contributed by atoms with Crippen molar-refractivity contribution in [2.45, 2.75) is 19.5 Å². The van der Waals surface area contributed by atoms with Gasteiger partial charge in [-0.1, -0.05) is 41.9 Å². The zero-order chi connectivity index (χ0) is 22.8. The van der Waals surface area contributed by atoms with Gasteiger partial charge in [0, 0.05) is 17.8 Å². The Morgan fingerprint density at radius 1 is 1.15 bits per heavy atom. The number of hydrogen-bond donors (Lipinski definition) is 1. The molecule has 2 aromatic heterocycles. The van der Waals surface area contributed by atoms with Crippen molar-refractivity contribution in [2.75, 3.05) is 13.2 Å². The third-order valence-electron chi connectivity index (χ3n) is 5.24. The minimum absolute atomic E-state index is 0.128. The van der Waals surface area contributed by atoms with Crippen molar-refractivity contribution in [3.05, 3.63) is 75.8 Å². The van der Waals surface area contributed by atoms with Crippen LogP contribution in [-0.2, 0) is 17.9 Å². The summed E-state index contributed by atoms with van der Waals surface area (Å²) in [6, 6.07) is 15.2. The molecule has 0 saturated carbocycles. The minimum Gasteiger partial charge on any atom is -0.489 e. The van der Waals surface area contributed by atoms with Gasteiger partial charge in [-0.3, -0.25) is 14.2 Å². The van der Waals surface area contributed by atoms with E-state index in [9.17, 15) is 9.59 Å². The molecule has 0 aliphatic carbocycles. The predicted octanol–water partition coefficient (Wildman–Crippen LogP) is 4.26. The number of ether oxygens (including phenoxy) is 2. The van der Waals surface area contributed by atoms with E-state index < -0.39 is 0 Å². The van der Waals surface area contributed by atoms with Crippen LogP contribution >= 0.6 is 22.9 Å². The van der Waals surface area contributed by atoms with Gasteiger partial charge < -0.3 is 14.8 Å². The van der Waals surface area contributed by atoms with Gasteiger partial charge in [-0.25, -0.2) is 4.98 Å². The van der Waals surface area contributed by atoms with Gasteiger partial charge in [0.05, 0.1) is 29.9 Å². The first kappa shape index (κ1) is 21.5. The molecule has 0 radical (unpaired) electrons. The lowest BCUT2D eigenvalue weighted by atomic mass is 10.2. The maximum absolute atomic E-state index is 12.9. The molecule has 3 heterocycles. The quantitative estimate of drug-likeness (QED) is 0.460. The topological polar surface area (TPSA) is 82.5 Å². The molecule has 4 aromatic rings. The van der Waals surface area contributed by atoms with Crippen LogP contribution in [-0.4, -0.2) is 28.7 Å². The largest absolute Gasteiger partial charge is 0.489 e. The number of hydrogen-bond acceptors (Lipinski definition) is 6. The highest BCUT2D eigenvalue weighted by Gasteiger charge is 2.16. The third-order valence-corrected chi connectivity index (χ3v) is 6.61. The molecule has 0 spiro atoms. The molecule has 0 saturated heterocycles. The van der Waals surface area contributed by atoms with Gasteiger partial charge >= 0.3 is 0 Å². The first-order valence-electron chi connectivity index (χ1n) is 10.5. The summed E-state index contributed by atoms with van der Waals surface area (Å²) in [5.74, 6) is 0.794. The molecular weight excluding hydrogens is 462 g/mol. The average Bonchev–Trinajstić information content (AvgIpc) is 3.12. The average molecular weight is 482 g/mol. The van der Waals surface area contributed by atoms with E-state index in [0.717, 1.165) is 22.4 Å². The summed E-state index contributed by atoms with van der Waals surface area (Å²) in [5.41, 5.74) is 1.56. The molecule has 1 N–H and O–H groups in total. The molecular formula is C24H20ClN3O4S. The second-order valence-corrected chi connectivity index (χ2v) is 9.04. The van der Waals surface area contributed by atoms with Crippen molar-refractivity contribution < 1.29 is 14.3 Å². The Morgan fingerprint density at radius 2 is 1.97 bits per heavy atom. The number of nitrogens with zero attached hydrogens (tertiary/aromatic N) is 2. The number of carbonyl (C=O) groups is 1. The number of halogens is 1. The third kappa shape index (κ3) is 4.58. The predicted molar refractivity (Wildman–Crippen MR) is 128 cm³/mol. The number of fused-ring (bicyclic) bond motifs is 2. The smallest absolute Gasteiger partial charge is 0.262 e. The molecule has 0 fully saturated rings. The normalized spacial score (nSPS) is 13.0. The SMILES string of the molecule is O=C(Cn1cnc2sc(-c3ccccc3)cc2c1=O)NCc1cc(Cl)c2c(c1)OCCCO2. The van der Waals surface area contributed by atoms with E-state index in [-0.39, 0.29) is 24.6 Å².